The molecule has 1 aromatic rings. The number of amides is 1. The molecule has 0 radical (unpaired) electrons. The number of nitrogens with zero attached hydrogens (tertiary/aromatic N) is 3. The molecule has 0 atom stereocenters. The smallest absolute Gasteiger partial charge is 0.409 e. The third-order valence-corrected chi connectivity index (χ3v) is 3.40. The molecule has 22 heavy (non-hydrogen) atoms. The van der Waals surface area contributed by atoms with E-state index >= 15 is 0 Å². The van der Waals surface area contributed by atoms with Gasteiger partial charge in [0.25, 0.3) is 0 Å². The van der Waals surface area contributed by atoms with Crippen molar-refractivity contribution in [1.82, 2.24) is 15.1 Å². The van der Waals surface area contributed by atoms with Crippen molar-refractivity contribution < 1.29 is 13.9 Å². The fourth-order valence-corrected chi connectivity index (χ4v) is 2.30. The molecule has 1 aliphatic heterocycles. The van der Waals surface area contributed by atoms with Crippen LogP contribution in [-0.4, -0.2) is 61.2 Å². The average Bonchev–Trinajstić information content (AvgIpc) is 3.05. The van der Waals surface area contributed by atoms with E-state index in [0.717, 1.165) is 31.4 Å². The van der Waals surface area contributed by atoms with E-state index in [4.69, 9.17) is 9.15 Å². The summed E-state index contributed by atoms with van der Waals surface area (Å²) in [5.41, 5.74) is 0. The second-order valence-electron chi connectivity index (χ2n) is 4.92. The van der Waals surface area contributed by atoms with Gasteiger partial charge in [0.2, 0.25) is 0 Å². The highest BCUT2D eigenvalue weighted by molar-refractivity contribution is 5.80. The largest absolute Gasteiger partial charge is 0.467 e. The van der Waals surface area contributed by atoms with E-state index in [0.29, 0.717) is 26.2 Å². The van der Waals surface area contributed by atoms with Crippen molar-refractivity contribution >= 4 is 12.1 Å². The van der Waals surface area contributed by atoms with E-state index in [1.54, 1.807) is 11.2 Å². The molecule has 7 heteroatoms. The van der Waals surface area contributed by atoms with Crippen molar-refractivity contribution in [2.75, 3.05) is 39.3 Å². The van der Waals surface area contributed by atoms with E-state index in [-0.39, 0.29) is 6.09 Å². The van der Waals surface area contributed by atoms with E-state index in [2.05, 4.69) is 15.2 Å². The number of carbonyl (C=O) groups excluding carboxylic acids is 1. The van der Waals surface area contributed by atoms with Crippen LogP contribution < -0.4 is 5.32 Å². The molecule has 1 aromatic heterocycles. The maximum Gasteiger partial charge on any atom is 0.409 e. The first-order valence-corrected chi connectivity index (χ1v) is 7.72. The Morgan fingerprint density at radius 1 is 1.32 bits per heavy atom. The summed E-state index contributed by atoms with van der Waals surface area (Å²) in [4.78, 5) is 20.2. The Balaban J connectivity index is 1.90. The van der Waals surface area contributed by atoms with Gasteiger partial charge in [-0.25, -0.2) is 9.79 Å². The number of hydrogen-bond acceptors (Lipinski definition) is 4. The predicted octanol–water partition coefficient (Wildman–Crippen LogP) is 1.52. The number of nitrogens with one attached hydrogen (secondary N) is 1. The zero-order chi connectivity index (χ0) is 15.8. The van der Waals surface area contributed by atoms with Crippen molar-refractivity contribution in [2.45, 2.75) is 20.4 Å². The van der Waals surface area contributed by atoms with Crippen molar-refractivity contribution in [3.63, 3.8) is 0 Å². The van der Waals surface area contributed by atoms with Gasteiger partial charge in [0, 0.05) is 32.7 Å². The topological polar surface area (TPSA) is 70.3 Å². The normalized spacial score (nSPS) is 15.8. The van der Waals surface area contributed by atoms with Gasteiger partial charge < -0.3 is 24.3 Å². The van der Waals surface area contributed by atoms with Crippen molar-refractivity contribution in [1.29, 1.82) is 0 Å². The van der Waals surface area contributed by atoms with Crippen LogP contribution in [0.5, 0.6) is 0 Å². The Hall–Kier alpha value is -2.18. The maximum absolute atomic E-state index is 11.7. The molecule has 2 rings (SSSR count). The summed E-state index contributed by atoms with van der Waals surface area (Å²) in [6.45, 7) is 8.34. The zero-order valence-corrected chi connectivity index (χ0v) is 13.2. The van der Waals surface area contributed by atoms with Crippen molar-refractivity contribution in [3.05, 3.63) is 24.2 Å². The second-order valence-corrected chi connectivity index (χ2v) is 4.92. The number of furan rings is 1. The number of aliphatic imine (C=N–C) groups is 1. The van der Waals surface area contributed by atoms with Crippen LogP contribution in [-0.2, 0) is 11.3 Å². The predicted molar refractivity (Wildman–Crippen MR) is 83.7 cm³/mol. The fraction of sp³-hybridized carbons (Fsp3) is 0.600. The van der Waals surface area contributed by atoms with Crippen LogP contribution in [0.3, 0.4) is 0 Å². The lowest BCUT2D eigenvalue weighted by Gasteiger charge is -2.35. The first kappa shape index (κ1) is 16.2. The lowest BCUT2D eigenvalue weighted by molar-refractivity contribution is 0.0914. The molecule has 1 saturated heterocycles. The summed E-state index contributed by atoms with van der Waals surface area (Å²) in [6, 6.07) is 3.77. The quantitative estimate of drug-likeness (QED) is 0.674. The number of guanidine groups is 1. The van der Waals surface area contributed by atoms with Gasteiger partial charge in [0.15, 0.2) is 5.96 Å². The Bertz CT molecular complexity index is 479. The van der Waals surface area contributed by atoms with Gasteiger partial charge in [0.05, 0.1) is 12.9 Å². The molecule has 1 aliphatic rings. The molecule has 0 aromatic carbocycles. The highest BCUT2D eigenvalue weighted by atomic mass is 16.6. The first-order valence-electron chi connectivity index (χ1n) is 7.72. The van der Waals surface area contributed by atoms with E-state index in [9.17, 15) is 4.79 Å². The summed E-state index contributed by atoms with van der Waals surface area (Å²) in [7, 11) is 0. The first-order chi connectivity index (χ1) is 10.7. The number of ether oxygens (including phenoxy) is 1. The molecule has 1 amide bonds. The van der Waals surface area contributed by atoms with E-state index in [1.807, 2.05) is 26.0 Å². The molecule has 1 N–H and O–H groups in total. The van der Waals surface area contributed by atoms with Crippen LogP contribution in [0, 0.1) is 0 Å². The Morgan fingerprint density at radius 2 is 2.05 bits per heavy atom. The van der Waals surface area contributed by atoms with Gasteiger partial charge >= 0.3 is 6.09 Å². The fourth-order valence-electron chi connectivity index (χ4n) is 2.30. The number of piperazine rings is 1. The van der Waals surface area contributed by atoms with Crippen LogP contribution >= 0.6 is 0 Å². The van der Waals surface area contributed by atoms with Crippen LogP contribution in [0.25, 0.3) is 0 Å². The molecular formula is C15H24N4O3. The highest BCUT2D eigenvalue weighted by Crippen LogP contribution is 2.06. The number of hydrogen-bond donors (Lipinski definition) is 1. The van der Waals surface area contributed by atoms with Crippen molar-refractivity contribution in [2.24, 2.45) is 4.99 Å². The average molecular weight is 308 g/mol. The minimum Gasteiger partial charge on any atom is -0.467 e. The summed E-state index contributed by atoms with van der Waals surface area (Å²) in [5, 5.41) is 3.28. The Labute approximate surface area is 130 Å². The minimum atomic E-state index is -0.236. The molecule has 7 nitrogen and oxygen atoms in total. The molecule has 0 aliphatic carbocycles. The minimum absolute atomic E-state index is 0.236. The molecular weight excluding hydrogens is 284 g/mol. The molecule has 0 spiro atoms. The van der Waals surface area contributed by atoms with Gasteiger partial charge in [0.1, 0.15) is 12.3 Å². The Morgan fingerprint density at radius 3 is 2.64 bits per heavy atom. The van der Waals surface area contributed by atoms with Gasteiger partial charge in [-0.15, -0.1) is 0 Å². The van der Waals surface area contributed by atoms with Crippen LogP contribution in [0.4, 0.5) is 4.79 Å². The lowest BCUT2D eigenvalue weighted by atomic mass is 10.3. The summed E-state index contributed by atoms with van der Waals surface area (Å²) < 4.78 is 10.3. The SMILES string of the molecule is CCNC(=NCc1ccco1)N1CCN(C(=O)OCC)CC1. The van der Waals surface area contributed by atoms with Crippen LogP contribution in [0.15, 0.2) is 27.8 Å². The van der Waals surface area contributed by atoms with Crippen LogP contribution in [0.1, 0.15) is 19.6 Å². The molecule has 0 bridgehead atoms. The molecule has 1 fully saturated rings. The van der Waals surface area contributed by atoms with Gasteiger partial charge in [-0.1, -0.05) is 0 Å². The lowest BCUT2D eigenvalue weighted by Crippen LogP contribution is -2.53. The molecule has 2 heterocycles. The van der Waals surface area contributed by atoms with Gasteiger partial charge in [-0.3, -0.25) is 0 Å². The van der Waals surface area contributed by atoms with Crippen molar-refractivity contribution in [3.8, 4) is 0 Å². The summed E-state index contributed by atoms with van der Waals surface area (Å²) in [5.74, 6) is 1.68. The standard InChI is InChI=1S/C15H24N4O3/c1-3-16-14(17-12-13-6-5-11-22-13)18-7-9-19(10-8-18)15(20)21-4-2/h5-6,11H,3-4,7-10,12H2,1-2H3,(H,16,17). The third kappa shape index (κ3) is 4.41. The molecule has 0 saturated carbocycles. The Kier molecular flexibility index (Phi) is 6.12. The highest BCUT2D eigenvalue weighted by Gasteiger charge is 2.23. The van der Waals surface area contributed by atoms with Gasteiger partial charge in [-0.05, 0) is 26.0 Å². The van der Waals surface area contributed by atoms with Crippen LogP contribution in [0.2, 0.25) is 0 Å². The zero-order valence-electron chi connectivity index (χ0n) is 13.2. The summed E-state index contributed by atoms with van der Waals surface area (Å²) >= 11 is 0. The summed E-state index contributed by atoms with van der Waals surface area (Å²) in [6.07, 6.45) is 1.41. The molecule has 0 unspecified atom stereocenters. The third-order valence-electron chi connectivity index (χ3n) is 3.40. The number of carbonyl (C=O) groups is 1. The van der Waals surface area contributed by atoms with Gasteiger partial charge in [-0.2, -0.15) is 0 Å². The second kappa shape index (κ2) is 8.31. The van der Waals surface area contributed by atoms with E-state index in [1.165, 1.54) is 0 Å². The number of rotatable bonds is 4. The molecule has 122 valence electrons. The van der Waals surface area contributed by atoms with E-state index < -0.39 is 0 Å². The monoisotopic (exact) mass is 308 g/mol. The maximum atomic E-state index is 11.7.